The normalized spacial score (nSPS) is 12.9. The minimum Gasteiger partial charge on any atom is -0.313 e. The van der Waals surface area contributed by atoms with Crippen LogP contribution in [0, 0.1) is 17.5 Å². The third-order valence-electron chi connectivity index (χ3n) is 2.17. The Balaban J connectivity index is 3.11. The minimum atomic E-state index is -1.42. The molecule has 1 nitrogen and oxygen atoms in total. The summed E-state index contributed by atoms with van der Waals surface area (Å²) in [5.41, 5.74) is 0.423. The maximum Gasteiger partial charge on any atom is 0.194 e. The molecule has 1 aromatic rings. The van der Waals surface area contributed by atoms with Gasteiger partial charge in [0.2, 0.25) is 0 Å². The second-order valence-electron chi connectivity index (χ2n) is 3.05. The van der Waals surface area contributed by atoms with E-state index in [1.54, 1.807) is 7.05 Å². The highest BCUT2D eigenvalue weighted by atomic mass is 19.2. The van der Waals surface area contributed by atoms with Crippen LogP contribution in [-0.4, -0.2) is 7.05 Å². The predicted molar refractivity (Wildman–Crippen MR) is 48.4 cm³/mol. The molecule has 1 rings (SSSR count). The smallest absolute Gasteiger partial charge is 0.194 e. The van der Waals surface area contributed by atoms with Gasteiger partial charge in [0.05, 0.1) is 0 Å². The largest absolute Gasteiger partial charge is 0.313 e. The molecular formula is C10H12F3N. The van der Waals surface area contributed by atoms with Gasteiger partial charge in [-0.15, -0.1) is 0 Å². The molecule has 1 atom stereocenters. The topological polar surface area (TPSA) is 12.0 Å². The standard InChI is InChI=1S/C10H12F3N/c1-3-9(14-2)6-4-7(11)10(13)8(12)5-6/h4-5,9,14H,3H2,1-2H3. The third kappa shape index (κ3) is 2.07. The van der Waals surface area contributed by atoms with Gasteiger partial charge in [0.25, 0.3) is 0 Å². The molecule has 4 heteroatoms. The van der Waals surface area contributed by atoms with Gasteiger partial charge in [-0.1, -0.05) is 6.92 Å². The van der Waals surface area contributed by atoms with Crippen molar-refractivity contribution >= 4 is 0 Å². The first-order valence-electron chi connectivity index (χ1n) is 4.41. The van der Waals surface area contributed by atoms with Crippen LogP contribution >= 0.6 is 0 Å². The van der Waals surface area contributed by atoms with Crippen LogP contribution in [-0.2, 0) is 0 Å². The molecule has 0 bridgehead atoms. The molecule has 0 heterocycles. The monoisotopic (exact) mass is 203 g/mol. The lowest BCUT2D eigenvalue weighted by Gasteiger charge is -2.14. The zero-order valence-electron chi connectivity index (χ0n) is 8.07. The van der Waals surface area contributed by atoms with Gasteiger partial charge in [-0.2, -0.15) is 0 Å². The molecule has 1 unspecified atom stereocenters. The molecule has 78 valence electrons. The Morgan fingerprint density at radius 2 is 1.71 bits per heavy atom. The van der Waals surface area contributed by atoms with Crippen LogP contribution in [0.5, 0.6) is 0 Å². The van der Waals surface area contributed by atoms with Crippen molar-refractivity contribution in [3.05, 3.63) is 35.1 Å². The van der Waals surface area contributed by atoms with Gasteiger partial charge in [-0.05, 0) is 31.2 Å². The van der Waals surface area contributed by atoms with Crippen molar-refractivity contribution in [3.63, 3.8) is 0 Å². The van der Waals surface area contributed by atoms with E-state index in [0.717, 1.165) is 12.1 Å². The van der Waals surface area contributed by atoms with E-state index in [4.69, 9.17) is 0 Å². The molecule has 0 spiro atoms. The van der Waals surface area contributed by atoms with Crippen molar-refractivity contribution in [2.75, 3.05) is 7.05 Å². The number of benzene rings is 1. The highest BCUT2D eigenvalue weighted by molar-refractivity contribution is 5.22. The fourth-order valence-corrected chi connectivity index (χ4v) is 1.38. The first-order valence-corrected chi connectivity index (χ1v) is 4.41. The second-order valence-corrected chi connectivity index (χ2v) is 3.05. The first-order chi connectivity index (χ1) is 6.60. The third-order valence-corrected chi connectivity index (χ3v) is 2.17. The summed E-state index contributed by atoms with van der Waals surface area (Å²) in [7, 11) is 1.69. The van der Waals surface area contributed by atoms with Gasteiger partial charge in [0.1, 0.15) is 0 Å². The van der Waals surface area contributed by atoms with Crippen molar-refractivity contribution in [3.8, 4) is 0 Å². The second kappa shape index (κ2) is 4.46. The predicted octanol–water partition coefficient (Wildman–Crippen LogP) is 2.77. The molecule has 0 saturated heterocycles. The van der Waals surface area contributed by atoms with Crippen LogP contribution < -0.4 is 5.32 Å². The van der Waals surface area contributed by atoms with Crippen molar-refractivity contribution < 1.29 is 13.2 Å². The van der Waals surface area contributed by atoms with E-state index < -0.39 is 17.5 Å². The van der Waals surface area contributed by atoms with E-state index in [2.05, 4.69) is 5.32 Å². The Morgan fingerprint density at radius 1 is 1.21 bits per heavy atom. The number of hydrogen-bond donors (Lipinski definition) is 1. The SMILES string of the molecule is CCC(NC)c1cc(F)c(F)c(F)c1. The van der Waals surface area contributed by atoms with Crippen LogP contribution in [0.15, 0.2) is 12.1 Å². The van der Waals surface area contributed by atoms with Crippen LogP contribution in [0.1, 0.15) is 24.9 Å². The average molecular weight is 203 g/mol. The lowest BCUT2D eigenvalue weighted by atomic mass is 10.0. The number of hydrogen-bond acceptors (Lipinski definition) is 1. The summed E-state index contributed by atoms with van der Waals surface area (Å²) in [4.78, 5) is 0. The van der Waals surface area contributed by atoms with E-state index in [-0.39, 0.29) is 6.04 Å². The average Bonchev–Trinajstić information content (AvgIpc) is 2.16. The summed E-state index contributed by atoms with van der Waals surface area (Å²) in [6.07, 6.45) is 0.682. The molecule has 0 aliphatic carbocycles. The van der Waals surface area contributed by atoms with E-state index in [1.165, 1.54) is 0 Å². The maximum absolute atomic E-state index is 12.8. The molecule has 0 aliphatic rings. The van der Waals surface area contributed by atoms with Crippen LogP contribution in [0.2, 0.25) is 0 Å². The minimum absolute atomic E-state index is 0.153. The summed E-state index contributed by atoms with van der Waals surface area (Å²) in [6.45, 7) is 1.88. The van der Waals surface area contributed by atoms with E-state index in [1.807, 2.05) is 6.92 Å². The lowest BCUT2D eigenvalue weighted by Crippen LogP contribution is -2.16. The lowest BCUT2D eigenvalue weighted by molar-refractivity contribution is 0.440. The summed E-state index contributed by atoms with van der Waals surface area (Å²) in [5.74, 6) is -3.71. The summed E-state index contributed by atoms with van der Waals surface area (Å²) in [6, 6.07) is 1.88. The highest BCUT2D eigenvalue weighted by Crippen LogP contribution is 2.20. The van der Waals surface area contributed by atoms with Gasteiger partial charge in [0, 0.05) is 6.04 Å². The van der Waals surface area contributed by atoms with Crippen molar-refractivity contribution in [2.45, 2.75) is 19.4 Å². The molecule has 0 radical (unpaired) electrons. The van der Waals surface area contributed by atoms with Gasteiger partial charge in [0.15, 0.2) is 17.5 Å². The fraction of sp³-hybridized carbons (Fsp3) is 0.400. The Morgan fingerprint density at radius 3 is 2.07 bits per heavy atom. The number of rotatable bonds is 3. The molecule has 0 amide bonds. The van der Waals surface area contributed by atoms with Crippen LogP contribution in [0.3, 0.4) is 0 Å². The first kappa shape index (κ1) is 11.0. The number of nitrogens with one attached hydrogen (secondary N) is 1. The summed E-state index contributed by atoms with van der Waals surface area (Å²) >= 11 is 0. The zero-order chi connectivity index (χ0) is 10.7. The quantitative estimate of drug-likeness (QED) is 0.745. The summed E-state index contributed by atoms with van der Waals surface area (Å²) in [5, 5.41) is 2.89. The van der Waals surface area contributed by atoms with Gasteiger partial charge < -0.3 is 5.32 Å². The number of halogens is 3. The Bertz CT molecular complexity index is 298. The van der Waals surface area contributed by atoms with Crippen molar-refractivity contribution in [1.82, 2.24) is 5.32 Å². The fourth-order valence-electron chi connectivity index (χ4n) is 1.38. The van der Waals surface area contributed by atoms with Gasteiger partial charge in [-0.25, -0.2) is 13.2 Å². The molecule has 1 N–H and O–H groups in total. The summed E-state index contributed by atoms with van der Waals surface area (Å²) < 4.78 is 38.3. The van der Waals surface area contributed by atoms with Gasteiger partial charge >= 0.3 is 0 Å². The Kier molecular flexibility index (Phi) is 3.52. The molecule has 0 aromatic heterocycles. The van der Waals surface area contributed by atoms with E-state index in [9.17, 15) is 13.2 Å². The highest BCUT2D eigenvalue weighted by Gasteiger charge is 2.14. The molecule has 14 heavy (non-hydrogen) atoms. The molecule has 0 aliphatic heterocycles. The molecule has 0 fully saturated rings. The van der Waals surface area contributed by atoms with Crippen molar-refractivity contribution in [2.24, 2.45) is 0 Å². The molecule has 0 saturated carbocycles. The Hall–Kier alpha value is -1.03. The van der Waals surface area contributed by atoms with E-state index >= 15 is 0 Å². The van der Waals surface area contributed by atoms with Crippen LogP contribution in [0.4, 0.5) is 13.2 Å². The molecule has 1 aromatic carbocycles. The zero-order valence-corrected chi connectivity index (χ0v) is 8.07. The van der Waals surface area contributed by atoms with Crippen molar-refractivity contribution in [1.29, 1.82) is 0 Å². The maximum atomic E-state index is 12.8. The molecular weight excluding hydrogens is 191 g/mol. The van der Waals surface area contributed by atoms with Gasteiger partial charge in [-0.3, -0.25) is 0 Å². The Labute approximate surface area is 80.9 Å². The van der Waals surface area contributed by atoms with Crippen LogP contribution in [0.25, 0.3) is 0 Å². The van der Waals surface area contributed by atoms with E-state index in [0.29, 0.717) is 12.0 Å².